The number of methoxy groups -OCH3 is 1. The topological polar surface area (TPSA) is 88.3 Å². The van der Waals surface area contributed by atoms with Gasteiger partial charge in [-0.15, -0.1) is 0 Å². The van der Waals surface area contributed by atoms with E-state index in [-0.39, 0.29) is 17.2 Å². The molecule has 3 rings (SSSR count). The van der Waals surface area contributed by atoms with E-state index < -0.39 is 11.4 Å². The number of nitrogens with one attached hydrogen (secondary N) is 2. The summed E-state index contributed by atoms with van der Waals surface area (Å²) in [5.74, 6) is -0.525. The Morgan fingerprint density at radius 2 is 1.79 bits per heavy atom. The Balaban J connectivity index is 1.79. The van der Waals surface area contributed by atoms with Crippen molar-refractivity contribution in [1.82, 2.24) is 4.98 Å². The third-order valence-electron chi connectivity index (χ3n) is 4.47. The number of hydrogen-bond acceptors (Lipinski definition) is 5. The van der Waals surface area contributed by atoms with Gasteiger partial charge >= 0.3 is 5.97 Å². The zero-order chi connectivity index (χ0) is 21.0. The lowest BCUT2D eigenvalue weighted by Gasteiger charge is -2.11. The second-order valence-corrected chi connectivity index (χ2v) is 7.79. The van der Waals surface area contributed by atoms with Crippen molar-refractivity contribution in [3.8, 4) is 0 Å². The molecular weight excluding hydrogens is 388 g/mol. The SMILES string of the molecule is COC(=O)c1c(SCC(=O)Nc2ccc(C(C)C)cc2)[nH]c2ccccc2c1=O. The van der Waals surface area contributed by atoms with Gasteiger partial charge in [0.2, 0.25) is 11.3 Å². The summed E-state index contributed by atoms with van der Waals surface area (Å²) in [5, 5.41) is 3.53. The number of aromatic amines is 1. The number of pyridine rings is 1. The highest BCUT2D eigenvalue weighted by Gasteiger charge is 2.20. The zero-order valence-corrected chi connectivity index (χ0v) is 17.3. The molecule has 0 atom stereocenters. The summed E-state index contributed by atoms with van der Waals surface area (Å²) in [6, 6.07) is 14.6. The normalized spacial score (nSPS) is 10.9. The first-order valence-electron chi connectivity index (χ1n) is 9.16. The van der Waals surface area contributed by atoms with Crippen molar-refractivity contribution < 1.29 is 14.3 Å². The summed E-state index contributed by atoms with van der Waals surface area (Å²) in [6.45, 7) is 4.21. The standard InChI is InChI=1S/C22H22N2O4S/c1-13(2)14-8-10-15(11-9-14)23-18(25)12-29-21-19(22(27)28-3)20(26)16-6-4-5-7-17(16)24-21/h4-11,13H,12H2,1-3H3,(H,23,25)(H,24,26). The zero-order valence-electron chi connectivity index (χ0n) is 16.4. The number of benzene rings is 2. The molecule has 7 heteroatoms. The molecule has 29 heavy (non-hydrogen) atoms. The lowest BCUT2D eigenvalue weighted by molar-refractivity contribution is -0.113. The third-order valence-corrected chi connectivity index (χ3v) is 5.47. The van der Waals surface area contributed by atoms with Gasteiger partial charge in [0.25, 0.3) is 0 Å². The van der Waals surface area contributed by atoms with Crippen molar-refractivity contribution >= 4 is 40.2 Å². The van der Waals surface area contributed by atoms with E-state index in [1.165, 1.54) is 12.7 Å². The second kappa shape index (κ2) is 8.96. The van der Waals surface area contributed by atoms with Gasteiger partial charge in [-0.1, -0.05) is 49.9 Å². The van der Waals surface area contributed by atoms with Crippen LogP contribution in [0.15, 0.2) is 58.4 Å². The number of amides is 1. The Kier molecular flexibility index (Phi) is 6.39. The first-order valence-corrected chi connectivity index (χ1v) is 10.1. The number of carbonyl (C=O) groups excluding carboxylic acids is 2. The van der Waals surface area contributed by atoms with Crippen LogP contribution in [0, 0.1) is 0 Å². The molecule has 0 unspecified atom stereocenters. The number of ether oxygens (including phenoxy) is 1. The number of hydrogen-bond donors (Lipinski definition) is 2. The number of thioether (sulfide) groups is 1. The number of H-pyrrole nitrogens is 1. The van der Waals surface area contributed by atoms with Gasteiger partial charge in [0.1, 0.15) is 5.56 Å². The number of esters is 1. The highest BCUT2D eigenvalue weighted by atomic mass is 32.2. The van der Waals surface area contributed by atoms with E-state index >= 15 is 0 Å². The van der Waals surface area contributed by atoms with E-state index in [1.54, 1.807) is 24.3 Å². The number of rotatable bonds is 6. The van der Waals surface area contributed by atoms with E-state index in [1.807, 2.05) is 24.3 Å². The molecule has 6 nitrogen and oxygen atoms in total. The minimum Gasteiger partial charge on any atom is -0.465 e. The first-order chi connectivity index (χ1) is 13.9. The molecule has 0 bridgehead atoms. The minimum absolute atomic E-state index is 0.0320. The smallest absolute Gasteiger partial charge is 0.344 e. The van der Waals surface area contributed by atoms with Crippen LogP contribution in [0.25, 0.3) is 10.9 Å². The quantitative estimate of drug-likeness (QED) is 0.470. The minimum atomic E-state index is -0.732. The molecule has 0 aliphatic rings. The number of fused-ring (bicyclic) bond motifs is 1. The van der Waals surface area contributed by atoms with Crippen LogP contribution in [0.2, 0.25) is 0 Å². The number of aromatic nitrogens is 1. The molecule has 3 aromatic rings. The summed E-state index contributed by atoms with van der Waals surface area (Å²) in [7, 11) is 1.22. The van der Waals surface area contributed by atoms with Crippen LogP contribution in [0.1, 0.15) is 35.7 Å². The van der Waals surface area contributed by atoms with Crippen molar-refractivity contribution in [2.75, 3.05) is 18.2 Å². The molecule has 0 saturated heterocycles. The van der Waals surface area contributed by atoms with Crippen LogP contribution in [-0.2, 0) is 9.53 Å². The second-order valence-electron chi connectivity index (χ2n) is 6.81. The maximum Gasteiger partial charge on any atom is 0.344 e. The number of carbonyl (C=O) groups is 2. The van der Waals surface area contributed by atoms with Gasteiger partial charge in [0.15, 0.2) is 0 Å². The fraction of sp³-hybridized carbons (Fsp3) is 0.227. The Hall–Kier alpha value is -3.06. The lowest BCUT2D eigenvalue weighted by atomic mass is 10.0. The molecule has 1 heterocycles. The van der Waals surface area contributed by atoms with E-state index in [0.717, 1.165) is 11.8 Å². The molecule has 0 radical (unpaired) electrons. The lowest BCUT2D eigenvalue weighted by Crippen LogP contribution is -2.20. The fourth-order valence-corrected chi connectivity index (χ4v) is 3.74. The average Bonchev–Trinajstić information content (AvgIpc) is 2.72. The van der Waals surface area contributed by atoms with Crippen LogP contribution < -0.4 is 10.7 Å². The van der Waals surface area contributed by atoms with E-state index in [9.17, 15) is 14.4 Å². The van der Waals surface area contributed by atoms with Crippen LogP contribution in [-0.4, -0.2) is 29.7 Å². The van der Waals surface area contributed by atoms with Gasteiger partial charge < -0.3 is 15.0 Å². The summed E-state index contributed by atoms with van der Waals surface area (Å²) >= 11 is 1.09. The summed E-state index contributed by atoms with van der Waals surface area (Å²) in [6.07, 6.45) is 0. The van der Waals surface area contributed by atoms with E-state index in [2.05, 4.69) is 24.1 Å². The van der Waals surface area contributed by atoms with Crippen molar-refractivity contribution in [2.45, 2.75) is 24.8 Å². The van der Waals surface area contributed by atoms with E-state index in [4.69, 9.17) is 4.74 Å². The predicted molar refractivity (Wildman–Crippen MR) is 116 cm³/mol. The van der Waals surface area contributed by atoms with Gasteiger partial charge in [-0.2, -0.15) is 0 Å². The molecular formula is C22H22N2O4S. The molecule has 150 valence electrons. The van der Waals surface area contributed by atoms with Gasteiger partial charge in [-0.25, -0.2) is 4.79 Å². The van der Waals surface area contributed by atoms with Gasteiger partial charge in [0.05, 0.1) is 23.4 Å². The molecule has 1 aromatic heterocycles. The Bertz CT molecular complexity index is 1100. The fourth-order valence-electron chi connectivity index (χ4n) is 2.89. The van der Waals surface area contributed by atoms with Crippen molar-refractivity contribution in [3.63, 3.8) is 0 Å². The average molecular weight is 410 g/mol. The number of para-hydroxylation sites is 1. The Labute approximate surface area is 172 Å². The Morgan fingerprint density at radius 3 is 2.45 bits per heavy atom. The summed E-state index contributed by atoms with van der Waals surface area (Å²) in [4.78, 5) is 40.3. The molecule has 0 aliphatic heterocycles. The monoisotopic (exact) mass is 410 g/mol. The third kappa shape index (κ3) is 4.68. The van der Waals surface area contributed by atoms with Crippen LogP contribution in [0.3, 0.4) is 0 Å². The summed E-state index contributed by atoms with van der Waals surface area (Å²) < 4.78 is 4.77. The van der Waals surface area contributed by atoms with Crippen molar-refractivity contribution in [1.29, 1.82) is 0 Å². The molecule has 0 spiro atoms. The Morgan fingerprint density at radius 1 is 1.10 bits per heavy atom. The number of anilines is 1. The predicted octanol–water partition coefficient (Wildman–Crippen LogP) is 4.17. The summed E-state index contributed by atoms with van der Waals surface area (Å²) in [5.41, 5.74) is 1.97. The molecule has 1 amide bonds. The molecule has 0 aliphatic carbocycles. The van der Waals surface area contributed by atoms with Crippen LogP contribution in [0.5, 0.6) is 0 Å². The maximum absolute atomic E-state index is 12.7. The molecule has 2 aromatic carbocycles. The molecule has 0 fully saturated rings. The van der Waals surface area contributed by atoms with Gasteiger partial charge in [-0.3, -0.25) is 9.59 Å². The highest BCUT2D eigenvalue weighted by Crippen LogP contribution is 2.23. The van der Waals surface area contributed by atoms with Gasteiger partial charge in [0, 0.05) is 11.1 Å². The molecule has 2 N–H and O–H groups in total. The van der Waals surface area contributed by atoms with Crippen molar-refractivity contribution in [3.05, 3.63) is 69.9 Å². The van der Waals surface area contributed by atoms with Crippen LogP contribution in [0.4, 0.5) is 5.69 Å². The first kappa shape index (κ1) is 20.7. The molecule has 0 saturated carbocycles. The van der Waals surface area contributed by atoms with Crippen molar-refractivity contribution in [2.24, 2.45) is 0 Å². The van der Waals surface area contributed by atoms with Gasteiger partial charge in [-0.05, 0) is 35.7 Å². The van der Waals surface area contributed by atoms with E-state index in [0.29, 0.717) is 27.5 Å². The largest absolute Gasteiger partial charge is 0.465 e. The van der Waals surface area contributed by atoms with Crippen LogP contribution >= 0.6 is 11.8 Å². The highest BCUT2D eigenvalue weighted by molar-refractivity contribution is 8.00. The maximum atomic E-state index is 12.7.